The van der Waals surface area contributed by atoms with E-state index < -0.39 is 24.1 Å². The third-order valence-corrected chi connectivity index (χ3v) is 4.92. The maximum atomic E-state index is 14.0. The van der Waals surface area contributed by atoms with Crippen molar-refractivity contribution in [1.82, 2.24) is 0 Å². The summed E-state index contributed by atoms with van der Waals surface area (Å²) in [5.74, 6) is -1.12. The lowest BCUT2D eigenvalue weighted by Crippen LogP contribution is -2.41. The van der Waals surface area contributed by atoms with Crippen LogP contribution in [0.2, 0.25) is 0 Å². The molecule has 1 unspecified atom stereocenters. The minimum atomic E-state index is -0.639. The van der Waals surface area contributed by atoms with Gasteiger partial charge in [-0.2, -0.15) is 0 Å². The van der Waals surface area contributed by atoms with Crippen molar-refractivity contribution in [2.24, 2.45) is 0 Å². The van der Waals surface area contributed by atoms with Crippen molar-refractivity contribution < 1.29 is 23.2 Å². The van der Waals surface area contributed by atoms with Gasteiger partial charge in [0.1, 0.15) is 5.82 Å². The Balaban J connectivity index is 2.40. The maximum absolute atomic E-state index is 14.0. The predicted octanol–water partition coefficient (Wildman–Crippen LogP) is 3.41. The van der Waals surface area contributed by atoms with Crippen LogP contribution >= 0.6 is 0 Å². The molecule has 6 heteroatoms. The minimum Gasteiger partial charge on any atom is -0.469 e. The molecule has 23 heavy (non-hydrogen) atoms. The van der Waals surface area contributed by atoms with Crippen molar-refractivity contribution in [2.45, 2.75) is 58.1 Å². The number of hydrogen-bond acceptors (Lipinski definition) is 4. The molecule has 1 saturated heterocycles. The zero-order valence-corrected chi connectivity index (χ0v) is 14.6. The van der Waals surface area contributed by atoms with E-state index in [4.69, 9.17) is 14.0 Å². The van der Waals surface area contributed by atoms with Crippen LogP contribution in [0, 0.1) is 12.7 Å². The summed E-state index contributed by atoms with van der Waals surface area (Å²) >= 11 is 0. The molecule has 2 rings (SSSR count). The highest BCUT2D eigenvalue weighted by atomic mass is 19.1. The Morgan fingerprint density at radius 1 is 1.26 bits per heavy atom. The Bertz CT molecular complexity index is 584. The average molecular weight is 322 g/mol. The Hall–Kier alpha value is -1.40. The van der Waals surface area contributed by atoms with Crippen LogP contribution in [0.3, 0.4) is 0 Å². The zero-order chi connectivity index (χ0) is 17.4. The van der Waals surface area contributed by atoms with Crippen molar-refractivity contribution >= 4 is 13.1 Å². The number of ether oxygens (including phenoxy) is 1. The van der Waals surface area contributed by atoms with Gasteiger partial charge in [0, 0.05) is 5.82 Å². The molecule has 1 fully saturated rings. The monoisotopic (exact) mass is 322 g/mol. The van der Waals surface area contributed by atoms with Crippen LogP contribution in [0.5, 0.6) is 0 Å². The number of carbonyl (C=O) groups is 1. The summed E-state index contributed by atoms with van der Waals surface area (Å²) < 4.78 is 30.9. The Morgan fingerprint density at radius 2 is 1.83 bits per heavy atom. The largest absolute Gasteiger partial charge is 0.469 e. The van der Waals surface area contributed by atoms with Gasteiger partial charge in [-0.3, -0.25) is 4.79 Å². The smallest absolute Gasteiger partial charge is 0.466 e. The molecule has 1 atom stereocenters. The highest BCUT2D eigenvalue weighted by Crippen LogP contribution is 2.42. The van der Waals surface area contributed by atoms with Gasteiger partial charge in [-0.15, -0.1) is 0 Å². The molecule has 0 bridgehead atoms. The lowest BCUT2D eigenvalue weighted by atomic mass is 9.65. The topological polar surface area (TPSA) is 44.8 Å². The molecule has 4 nitrogen and oxygen atoms in total. The molecule has 0 aromatic heterocycles. The highest BCUT2D eigenvalue weighted by molar-refractivity contribution is 6.48. The molecule has 0 radical (unpaired) electrons. The fourth-order valence-corrected chi connectivity index (χ4v) is 2.69. The summed E-state index contributed by atoms with van der Waals surface area (Å²) in [6.07, 6.45) is 0.0671. The van der Waals surface area contributed by atoms with Crippen LogP contribution in [0.25, 0.3) is 0 Å². The van der Waals surface area contributed by atoms with Crippen LogP contribution in [-0.2, 0) is 18.8 Å². The van der Waals surface area contributed by atoms with Gasteiger partial charge in [0.15, 0.2) is 0 Å². The van der Waals surface area contributed by atoms with E-state index in [1.807, 2.05) is 27.7 Å². The van der Waals surface area contributed by atoms with Crippen molar-refractivity contribution in [2.75, 3.05) is 7.11 Å². The van der Waals surface area contributed by atoms with E-state index >= 15 is 0 Å². The SMILES string of the molecule is COC(=O)CC(B1OC(C)(C)C(C)(C)O1)c1cccc(F)c1C. The normalized spacial score (nSPS) is 20.4. The van der Waals surface area contributed by atoms with Gasteiger partial charge in [-0.1, -0.05) is 12.1 Å². The summed E-state index contributed by atoms with van der Waals surface area (Å²) in [7, 11) is 0.696. The van der Waals surface area contributed by atoms with Gasteiger partial charge in [0.25, 0.3) is 0 Å². The van der Waals surface area contributed by atoms with Gasteiger partial charge < -0.3 is 14.0 Å². The van der Waals surface area contributed by atoms with E-state index in [0.717, 1.165) is 0 Å². The summed E-state index contributed by atoms with van der Waals surface area (Å²) in [6, 6.07) is 4.84. The van der Waals surface area contributed by atoms with E-state index in [0.29, 0.717) is 11.1 Å². The van der Waals surface area contributed by atoms with Crippen molar-refractivity contribution in [3.05, 3.63) is 35.1 Å². The Kier molecular flexibility index (Phi) is 4.88. The van der Waals surface area contributed by atoms with E-state index in [2.05, 4.69) is 0 Å². The van der Waals surface area contributed by atoms with Crippen LogP contribution in [0.4, 0.5) is 4.39 Å². The first kappa shape index (κ1) is 18.0. The molecule has 1 aliphatic heterocycles. The molecule has 126 valence electrons. The molecule has 0 N–H and O–H groups in total. The van der Waals surface area contributed by atoms with Crippen LogP contribution in [0.15, 0.2) is 18.2 Å². The van der Waals surface area contributed by atoms with Crippen molar-refractivity contribution in [1.29, 1.82) is 0 Å². The fraction of sp³-hybridized carbons (Fsp3) is 0.588. The average Bonchev–Trinajstić information content (AvgIpc) is 2.67. The van der Waals surface area contributed by atoms with Gasteiger partial charge in [-0.25, -0.2) is 4.39 Å². The lowest BCUT2D eigenvalue weighted by molar-refractivity contribution is -0.140. The molecule has 1 aliphatic rings. The fourth-order valence-electron chi connectivity index (χ4n) is 2.69. The van der Waals surface area contributed by atoms with Crippen LogP contribution < -0.4 is 0 Å². The second-order valence-electron chi connectivity index (χ2n) is 6.97. The first-order valence-corrected chi connectivity index (χ1v) is 7.76. The van der Waals surface area contributed by atoms with Crippen LogP contribution in [-0.4, -0.2) is 31.4 Å². The predicted molar refractivity (Wildman–Crippen MR) is 86.6 cm³/mol. The number of hydrogen-bond donors (Lipinski definition) is 0. The van der Waals surface area contributed by atoms with E-state index in [9.17, 15) is 9.18 Å². The Labute approximate surface area is 137 Å². The molecule has 1 aromatic carbocycles. The first-order valence-electron chi connectivity index (χ1n) is 7.76. The molecular formula is C17H24BFO4. The second kappa shape index (κ2) is 6.25. The van der Waals surface area contributed by atoms with Gasteiger partial charge in [0.2, 0.25) is 0 Å². The number of halogens is 1. The zero-order valence-electron chi connectivity index (χ0n) is 14.6. The van der Waals surface area contributed by atoms with Crippen molar-refractivity contribution in [3.8, 4) is 0 Å². The molecule has 0 aliphatic carbocycles. The van der Waals surface area contributed by atoms with E-state index in [-0.39, 0.29) is 18.2 Å². The molecule has 0 saturated carbocycles. The standard InChI is InChI=1S/C17H24BFO4/c1-11-12(8-7-9-14(11)19)13(10-15(20)21-6)18-22-16(2,3)17(4,5)23-18/h7-9,13H,10H2,1-6H3. The molecular weight excluding hydrogens is 298 g/mol. The third kappa shape index (κ3) is 3.43. The third-order valence-electron chi connectivity index (χ3n) is 4.92. The quantitative estimate of drug-likeness (QED) is 0.629. The molecule has 0 amide bonds. The summed E-state index contributed by atoms with van der Waals surface area (Å²) in [6.45, 7) is 9.47. The molecule has 0 spiro atoms. The number of benzene rings is 1. The van der Waals surface area contributed by atoms with Gasteiger partial charge in [-0.05, 0) is 51.8 Å². The van der Waals surface area contributed by atoms with Crippen LogP contribution in [0.1, 0.15) is 51.1 Å². The second-order valence-corrected chi connectivity index (χ2v) is 6.97. The Morgan fingerprint density at radius 3 is 2.35 bits per heavy atom. The number of esters is 1. The summed E-state index contributed by atoms with van der Waals surface area (Å²) in [5.41, 5.74) is 0.158. The van der Waals surface area contributed by atoms with E-state index in [1.165, 1.54) is 13.2 Å². The number of methoxy groups -OCH3 is 1. The highest BCUT2D eigenvalue weighted by Gasteiger charge is 2.54. The molecule has 1 aromatic rings. The first-order chi connectivity index (χ1) is 10.6. The van der Waals surface area contributed by atoms with Gasteiger partial charge >= 0.3 is 13.1 Å². The summed E-state index contributed by atoms with van der Waals surface area (Å²) in [4.78, 5) is 11.8. The molecule has 1 heterocycles. The number of rotatable bonds is 4. The lowest BCUT2D eigenvalue weighted by Gasteiger charge is -2.32. The van der Waals surface area contributed by atoms with Gasteiger partial charge in [0.05, 0.1) is 24.7 Å². The minimum absolute atomic E-state index is 0.0671. The van der Waals surface area contributed by atoms with Crippen molar-refractivity contribution in [3.63, 3.8) is 0 Å². The maximum Gasteiger partial charge on any atom is 0.466 e. The number of carbonyl (C=O) groups excluding carboxylic acids is 1. The summed E-state index contributed by atoms with van der Waals surface area (Å²) in [5, 5.41) is 0. The van der Waals surface area contributed by atoms with E-state index in [1.54, 1.807) is 19.1 Å².